The van der Waals surface area contributed by atoms with E-state index in [1.165, 1.54) is 0 Å². The highest BCUT2D eigenvalue weighted by Gasteiger charge is 2.28. The molecular weight excluding hydrogens is 180 g/mol. The van der Waals surface area contributed by atoms with E-state index in [4.69, 9.17) is 0 Å². The number of rotatable bonds is 3. The first-order chi connectivity index (χ1) is 6.77. The molecule has 1 atom stereocenters. The lowest BCUT2D eigenvalue weighted by Gasteiger charge is -2.31. The monoisotopic (exact) mass is 194 g/mol. The van der Waals surface area contributed by atoms with Crippen molar-refractivity contribution in [2.24, 2.45) is 11.8 Å². The summed E-state index contributed by atoms with van der Waals surface area (Å²) in [5, 5.41) is 12.4. The molecule has 2 heterocycles. The predicted octanol–water partition coefficient (Wildman–Crippen LogP) is 0.204. The van der Waals surface area contributed by atoms with Crippen molar-refractivity contribution in [2.45, 2.75) is 6.92 Å². The van der Waals surface area contributed by atoms with E-state index in [0.717, 1.165) is 18.8 Å². The number of anilines is 1. The maximum Gasteiger partial charge on any atom is 0.227 e. The largest absolute Gasteiger partial charge is 0.323 e. The molecule has 0 saturated carbocycles. The highest BCUT2D eigenvalue weighted by Crippen LogP contribution is 2.17. The second kappa shape index (κ2) is 3.79. The van der Waals surface area contributed by atoms with Gasteiger partial charge in [-0.25, -0.2) is 0 Å². The average molecular weight is 194 g/mol. The number of hydrogen-bond acceptors (Lipinski definition) is 3. The Morgan fingerprint density at radius 1 is 1.71 bits per heavy atom. The quantitative estimate of drug-likeness (QED) is 0.644. The van der Waals surface area contributed by atoms with Crippen molar-refractivity contribution in [2.75, 3.05) is 18.4 Å². The number of amides is 1. The number of carbonyl (C=O) groups excluding carboxylic acids is 1. The van der Waals surface area contributed by atoms with E-state index in [-0.39, 0.29) is 11.8 Å². The van der Waals surface area contributed by atoms with E-state index in [0.29, 0.717) is 5.92 Å². The van der Waals surface area contributed by atoms with Gasteiger partial charge in [0.2, 0.25) is 5.91 Å². The minimum Gasteiger partial charge on any atom is -0.323 e. The van der Waals surface area contributed by atoms with Gasteiger partial charge >= 0.3 is 0 Å². The molecule has 1 aliphatic rings. The molecule has 1 aliphatic heterocycles. The van der Waals surface area contributed by atoms with Gasteiger partial charge < -0.3 is 10.6 Å². The van der Waals surface area contributed by atoms with Gasteiger partial charge in [0.05, 0.1) is 11.9 Å². The van der Waals surface area contributed by atoms with Crippen molar-refractivity contribution in [1.82, 2.24) is 15.5 Å². The van der Waals surface area contributed by atoms with Crippen molar-refractivity contribution < 1.29 is 4.79 Å². The van der Waals surface area contributed by atoms with E-state index in [1.54, 1.807) is 12.4 Å². The molecule has 1 fully saturated rings. The van der Waals surface area contributed by atoms with Gasteiger partial charge in [0.25, 0.3) is 0 Å². The van der Waals surface area contributed by atoms with Crippen molar-refractivity contribution in [1.29, 1.82) is 0 Å². The normalized spacial score (nSPS) is 18.6. The third kappa shape index (κ3) is 1.77. The molecule has 0 bridgehead atoms. The molecule has 5 nitrogen and oxygen atoms in total. The van der Waals surface area contributed by atoms with Gasteiger partial charge in [0.1, 0.15) is 0 Å². The van der Waals surface area contributed by atoms with E-state index < -0.39 is 0 Å². The number of aromatic amines is 1. The van der Waals surface area contributed by atoms with E-state index >= 15 is 0 Å². The number of nitrogens with one attached hydrogen (secondary N) is 3. The molecule has 3 N–H and O–H groups in total. The Kier molecular flexibility index (Phi) is 2.49. The summed E-state index contributed by atoms with van der Waals surface area (Å²) in [5.74, 6) is 0.603. The summed E-state index contributed by atoms with van der Waals surface area (Å²) in [4.78, 5) is 11.7. The SMILES string of the molecule is CC(C(=O)Nc1cn[nH]c1)C1CNC1. The van der Waals surface area contributed by atoms with Gasteiger partial charge in [-0.3, -0.25) is 9.89 Å². The first-order valence-electron chi connectivity index (χ1n) is 4.77. The minimum atomic E-state index is 0.0612. The summed E-state index contributed by atoms with van der Waals surface area (Å²) in [6.45, 7) is 3.85. The standard InChI is InChI=1S/C9H14N4O/c1-6(7-2-10-3-7)9(14)13-8-4-11-12-5-8/h4-7,10H,2-3H2,1H3,(H,11,12)(H,13,14). The van der Waals surface area contributed by atoms with Crippen LogP contribution >= 0.6 is 0 Å². The summed E-state index contributed by atoms with van der Waals surface area (Å²) in [7, 11) is 0. The summed E-state index contributed by atoms with van der Waals surface area (Å²) >= 11 is 0. The first-order valence-corrected chi connectivity index (χ1v) is 4.77. The Morgan fingerprint density at radius 3 is 3.00 bits per heavy atom. The first kappa shape index (κ1) is 9.21. The zero-order valence-corrected chi connectivity index (χ0v) is 8.08. The molecule has 2 rings (SSSR count). The molecule has 14 heavy (non-hydrogen) atoms. The van der Waals surface area contributed by atoms with Crippen LogP contribution in [0.2, 0.25) is 0 Å². The third-order valence-electron chi connectivity index (χ3n) is 2.70. The molecule has 1 amide bonds. The van der Waals surface area contributed by atoms with Crippen LogP contribution in [0.15, 0.2) is 12.4 Å². The summed E-state index contributed by atoms with van der Waals surface area (Å²) in [5.41, 5.74) is 0.731. The Bertz CT molecular complexity index is 305. The summed E-state index contributed by atoms with van der Waals surface area (Å²) in [6, 6.07) is 0. The van der Waals surface area contributed by atoms with Gasteiger partial charge in [-0.05, 0) is 19.0 Å². The average Bonchev–Trinajstić information content (AvgIpc) is 2.53. The van der Waals surface area contributed by atoms with Crippen LogP contribution in [0.3, 0.4) is 0 Å². The molecule has 76 valence electrons. The third-order valence-corrected chi connectivity index (χ3v) is 2.70. The smallest absolute Gasteiger partial charge is 0.227 e. The number of H-pyrrole nitrogens is 1. The van der Waals surface area contributed by atoms with Crippen molar-refractivity contribution in [3.05, 3.63) is 12.4 Å². The Balaban J connectivity index is 1.88. The number of aromatic nitrogens is 2. The molecule has 0 radical (unpaired) electrons. The highest BCUT2D eigenvalue weighted by atomic mass is 16.1. The number of hydrogen-bond donors (Lipinski definition) is 3. The lowest BCUT2D eigenvalue weighted by atomic mass is 9.88. The fourth-order valence-electron chi connectivity index (χ4n) is 1.45. The van der Waals surface area contributed by atoms with Gasteiger partial charge in [-0.1, -0.05) is 6.92 Å². The van der Waals surface area contributed by atoms with Crippen molar-refractivity contribution >= 4 is 11.6 Å². The second-order valence-corrected chi connectivity index (χ2v) is 3.68. The van der Waals surface area contributed by atoms with Crippen LogP contribution in [-0.4, -0.2) is 29.2 Å². The molecule has 5 heteroatoms. The molecule has 0 aliphatic carbocycles. The number of carbonyl (C=O) groups is 1. The minimum absolute atomic E-state index is 0.0612. The van der Waals surface area contributed by atoms with Gasteiger partial charge in [0.15, 0.2) is 0 Å². The van der Waals surface area contributed by atoms with Crippen LogP contribution in [0.4, 0.5) is 5.69 Å². The maximum absolute atomic E-state index is 11.7. The highest BCUT2D eigenvalue weighted by molar-refractivity contribution is 5.92. The molecular formula is C9H14N4O. The van der Waals surface area contributed by atoms with Gasteiger partial charge in [0, 0.05) is 12.1 Å². The topological polar surface area (TPSA) is 69.8 Å². The van der Waals surface area contributed by atoms with Crippen LogP contribution in [0, 0.1) is 11.8 Å². The van der Waals surface area contributed by atoms with Crippen molar-refractivity contribution in [3.63, 3.8) is 0 Å². The fraction of sp³-hybridized carbons (Fsp3) is 0.556. The Labute approximate surface area is 82.3 Å². The zero-order valence-electron chi connectivity index (χ0n) is 8.08. The predicted molar refractivity (Wildman–Crippen MR) is 52.7 cm³/mol. The molecule has 1 unspecified atom stereocenters. The Hall–Kier alpha value is -1.36. The summed E-state index contributed by atoms with van der Waals surface area (Å²) < 4.78 is 0. The van der Waals surface area contributed by atoms with Crippen LogP contribution in [-0.2, 0) is 4.79 Å². The molecule has 0 spiro atoms. The van der Waals surface area contributed by atoms with Crippen LogP contribution in [0.1, 0.15) is 6.92 Å². The summed E-state index contributed by atoms with van der Waals surface area (Å²) in [6.07, 6.45) is 3.27. The lowest BCUT2D eigenvalue weighted by molar-refractivity contribution is -0.121. The van der Waals surface area contributed by atoms with Crippen LogP contribution < -0.4 is 10.6 Å². The molecule has 1 aromatic heterocycles. The van der Waals surface area contributed by atoms with E-state index in [1.807, 2.05) is 6.92 Å². The number of nitrogens with zero attached hydrogens (tertiary/aromatic N) is 1. The van der Waals surface area contributed by atoms with Crippen LogP contribution in [0.25, 0.3) is 0 Å². The van der Waals surface area contributed by atoms with Gasteiger partial charge in [-0.2, -0.15) is 5.10 Å². The van der Waals surface area contributed by atoms with Crippen LogP contribution in [0.5, 0.6) is 0 Å². The second-order valence-electron chi connectivity index (χ2n) is 3.68. The molecule has 1 saturated heterocycles. The van der Waals surface area contributed by atoms with E-state index in [9.17, 15) is 4.79 Å². The molecule has 0 aromatic carbocycles. The van der Waals surface area contributed by atoms with Gasteiger partial charge in [-0.15, -0.1) is 0 Å². The Morgan fingerprint density at radius 2 is 2.50 bits per heavy atom. The van der Waals surface area contributed by atoms with Crippen molar-refractivity contribution in [3.8, 4) is 0 Å². The lowest BCUT2D eigenvalue weighted by Crippen LogP contribution is -2.48. The molecule has 1 aromatic rings. The maximum atomic E-state index is 11.7. The fourth-order valence-corrected chi connectivity index (χ4v) is 1.45. The zero-order chi connectivity index (χ0) is 9.97. The van der Waals surface area contributed by atoms with E-state index in [2.05, 4.69) is 20.8 Å².